The second-order valence-corrected chi connectivity index (χ2v) is 8.87. The van der Waals surface area contributed by atoms with Crippen LogP contribution in [0.25, 0.3) is 0 Å². The highest BCUT2D eigenvalue weighted by Gasteiger charge is 2.52. The van der Waals surface area contributed by atoms with Gasteiger partial charge in [0.1, 0.15) is 5.75 Å². The summed E-state index contributed by atoms with van der Waals surface area (Å²) in [5, 5.41) is 14.2. The van der Waals surface area contributed by atoms with Crippen LogP contribution in [0.2, 0.25) is 0 Å². The zero-order valence-electron chi connectivity index (χ0n) is 21.2. The molecular formula is C25H28F6N2O7. The number of nitrogens with zero attached hydrogens (tertiary/aromatic N) is 2. The maximum Gasteiger partial charge on any atom is 0.490 e. The number of ether oxygens (including phenoxy) is 3. The Bertz CT molecular complexity index is 1050. The first kappa shape index (κ1) is 32.8. The number of rotatable bonds is 7. The van der Waals surface area contributed by atoms with Crippen LogP contribution in [0.5, 0.6) is 5.75 Å². The smallest absolute Gasteiger partial charge is 0.490 e. The Hall–Kier alpha value is -3.43. The molecule has 2 aromatic rings. The number of hydrogen-bond acceptors (Lipinski definition) is 7. The fourth-order valence-corrected chi connectivity index (χ4v) is 3.98. The molecule has 0 radical (unpaired) electrons. The Kier molecular flexibility index (Phi) is 11.7. The van der Waals surface area contributed by atoms with E-state index in [0.717, 1.165) is 50.6 Å². The standard InChI is InChI=1S/C21H26N2O3.2C2HF3O2/c1-24-20-6-4-17(5-7-20)12-23-15-21(16-23)19(8-10-26-21)14-25-13-18-3-2-9-22-11-18;2*3-2(4,5)1(6)7/h2-7,9,11,19H,8,10,12-16H2,1H3;2*(H,6,7). The van der Waals surface area contributed by atoms with E-state index in [1.165, 1.54) is 5.56 Å². The second-order valence-electron chi connectivity index (χ2n) is 8.87. The summed E-state index contributed by atoms with van der Waals surface area (Å²) in [5.74, 6) is -4.13. The van der Waals surface area contributed by atoms with E-state index >= 15 is 0 Å². The van der Waals surface area contributed by atoms with Crippen molar-refractivity contribution in [3.63, 3.8) is 0 Å². The van der Waals surface area contributed by atoms with Gasteiger partial charge in [0.05, 0.1) is 25.9 Å². The molecular weight excluding hydrogens is 554 g/mol. The van der Waals surface area contributed by atoms with E-state index in [2.05, 4.69) is 22.0 Å². The van der Waals surface area contributed by atoms with Crippen molar-refractivity contribution >= 4 is 11.9 Å². The van der Waals surface area contributed by atoms with E-state index in [1.54, 1.807) is 13.3 Å². The van der Waals surface area contributed by atoms with Gasteiger partial charge in [0, 0.05) is 44.6 Å². The van der Waals surface area contributed by atoms with Gasteiger partial charge in [0.15, 0.2) is 0 Å². The van der Waals surface area contributed by atoms with E-state index in [-0.39, 0.29) is 5.60 Å². The molecule has 2 saturated heterocycles. The van der Waals surface area contributed by atoms with Gasteiger partial charge in [0.25, 0.3) is 0 Å². The van der Waals surface area contributed by atoms with Crippen molar-refractivity contribution in [3.8, 4) is 5.75 Å². The van der Waals surface area contributed by atoms with Crippen LogP contribution in [0, 0.1) is 5.92 Å². The third-order valence-corrected chi connectivity index (χ3v) is 5.94. The number of likely N-dealkylation sites (tertiary alicyclic amines) is 1. The van der Waals surface area contributed by atoms with Crippen molar-refractivity contribution < 1.29 is 60.4 Å². The van der Waals surface area contributed by atoms with Crippen molar-refractivity contribution in [2.75, 3.05) is 33.4 Å². The van der Waals surface area contributed by atoms with Crippen molar-refractivity contribution in [3.05, 3.63) is 59.9 Å². The summed E-state index contributed by atoms with van der Waals surface area (Å²) >= 11 is 0. The van der Waals surface area contributed by atoms with Crippen LogP contribution in [-0.4, -0.2) is 83.4 Å². The maximum absolute atomic E-state index is 10.6. The van der Waals surface area contributed by atoms with Gasteiger partial charge in [-0.15, -0.1) is 0 Å². The predicted molar refractivity (Wildman–Crippen MR) is 126 cm³/mol. The lowest BCUT2D eigenvalue weighted by molar-refractivity contribution is -0.193. The molecule has 3 heterocycles. The molecule has 40 heavy (non-hydrogen) atoms. The highest BCUT2D eigenvalue weighted by Crippen LogP contribution is 2.40. The van der Waals surface area contributed by atoms with Crippen LogP contribution in [0.1, 0.15) is 17.5 Å². The molecule has 9 nitrogen and oxygen atoms in total. The van der Waals surface area contributed by atoms with Crippen LogP contribution in [0.4, 0.5) is 26.3 Å². The Morgan fingerprint density at radius 1 is 1.02 bits per heavy atom. The summed E-state index contributed by atoms with van der Waals surface area (Å²) in [6.07, 6.45) is -5.43. The number of benzene rings is 1. The third-order valence-electron chi connectivity index (χ3n) is 5.94. The Morgan fingerprint density at radius 2 is 1.60 bits per heavy atom. The molecule has 0 aliphatic carbocycles. The average molecular weight is 582 g/mol. The number of hydrogen-bond donors (Lipinski definition) is 2. The van der Waals surface area contributed by atoms with Crippen LogP contribution in [0.15, 0.2) is 48.8 Å². The van der Waals surface area contributed by atoms with Crippen LogP contribution < -0.4 is 4.74 Å². The number of carboxylic acid groups (broad SMARTS) is 2. The van der Waals surface area contributed by atoms with Crippen molar-refractivity contribution in [1.82, 2.24) is 9.88 Å². The summed E-state index contributed by atoms with van der Waals surface area (Å²) in [4.78, 5) is 24.4. The van der Waals surface area contributed by atoms with E-state index in [1.807, 2.05) is 30.5 Å². The van der Waals surface area contributed by atoms with Gasteiger partial charge in [-0.25, -0.2) is 9.59 Å². The SMILES string of the molecule is COc1ccc(CN2CC3(C2)OCCC3COCc2cccnc2)cc1.O=C(O)C(F)(F)F.O=C(O)C(F)(F)F. The first-order valence-electron chi connectivity index (χ1n) is 11.7. The molecule has 2 fully saturated rings. The van der Waals surface area contributed by atoms with Gasteiger partial charge in [0.2, 0.25) is 0 Å². The number of aromatic nitrogens is 1. The Balaban J connectivity index is 0.000000333. The minimum atomic E-state index is -5.08. The summed E-state index contributed by atoms with van der Waals surface area (Å²) in [5.41, 5.74) is 2.42. The van der Waals surface area contributed by atoms with E-state index in [9.17, 15) is 26.3 Å². The predicted octanol–water partition coefficient (Wildman–Crippen LogP) is 4.16. The van der Waals surface area contributed by atoms with Crippen molar-refractivity contribution in [2.24, 2.45) is 5.92 Å². The number of aliphatic carboxylic acids is 2. The molecule has 1 atom stereocenters. The number of alkyl halides is 6. The number of methoxy groups -OCH3 is 1. The zero-order chi connectivity index (χ0) is 30.0. The zero-order valence-corrected chi connectivity index (χ0v) is 21.2. The molecule has 2 N–H and O–H groups in total. The summed E-state index contributed by atoms with van der Waals surface area (Å²) in [6.45, 7) is 5.15. The average Bonchev–Trinajstić information content (AvgIpc) is 3.28. The Morgan fingerprint density at radius 3 is 2.08 bits per heavy atom. The summed E-state index contributed by atoms with van der Waals surface area (Å²) < 4.78 is 80.8. The largest absolute Gasteiger partial charge is 0.497 e. The molecule has 222 valence electrons. The topological polar surface area (TPSA) is 118 Å². The van der Waals surface area contributed by atoms with Gasteiger partial charge < -0.3 is 24.4 Å². The quantitative estimate of drug-likeness (QED) is 0.464. The minimum absolute atomic E-state index is 0.0125. The van der Waals surface area contributed by atoms with E-state index < -0.39 is 24.3 Å². The lowest BCUT2D eigenvalue weighted by Gasteiger charge is -2.50. The minimum Gasteiger partial charge on any atom is -0.497 e. The highest BCUT2D eigenvalue weighted by atomic mass is 19.4. The van der Waals surface area contributed by atoms with Gasteiger partial charge >= 0.3 is 24.3 Å². The van der Waals surface area contributed by atoms with Crippen LogP contribution >= 0.6 is 0 Å². The van der Waals surface area contributed by atoms with E-state index in [0.29, 0.717) is 12.5 Å². The number of carboxylic acids is 2. The molecule has 1 aromatic heterocycles. The number of pyridine rings is 1. The molecule has 2 aliphatic rings. The molecule has 1 unspecified atom stereocenters. The van der Waals surface area contributed by atoms with E-state index in [4.69, 9.17) is 34.0 Å². The first-order valence-corrected chi connectivity index (χ1v) is 11.7. The van der Waals surface area contributed by atoms with Crippen LogP contribution in [0.3, 0.4) is 0 Å². The molecule has 2 aliphatic heterocycles. The lowest BCUT2D eigenvalue weighted by atomic mass is 9.81. The highest BCUT2D eigenvalue weighted by molar-refractivity contribution is 5.73. The lowest BCUT2D eigenvalue weighted by Crippen LogP contribution is -2.64. The third kappa shape index (κ3) is 10.3. The molecule has 4 rings (SSSR count). The molecule has 1 spiro atoms. The molecule has 0 amide bonds. The number of carbonyl (C=O) groups is 2. The molecule has 0 saturated carbocycles. The number of halogens is 6. The molecule has 1 aromatic carbocycles. The summed E-state index contributed by atoms with van der Waals surface area (Å²) in [6, 6.07) is 12.3. The van der Waals surface area contributed by atoms with Gasteiger partial charge in [-0.05, 0) is 35.7 Å². The molecule has 0 bridgehead atoms. The van der Waals surface area contributed by atoms with Gasteiger partial charge in [-0.2, -0.15) is 26.3 Å². The van der Waals surface area contributed by atoms with Gasteiger partial charge in [-0.1, -0.05) is 18.2 Å². The second kappa shape index (κ2) is 14.3. The fraction of sp³-hybridized carbons (Fsp3) is 0.480. The van der Waals surface area contributed by atoms with Crippen LogP contribution in [-0.2, 0) is 32.2 Å². The monoisotopic (exact) mass is 582 g/mol. The summed E-state index contributed by atoms with van der Waals surface area (Å²) in [7, 11) is 1.70. The maximum atomic E-state index is 10.6. The van der Waals surface area contributed by atoms with Crippen molar-refractivity contribution in [1.29, 1.82) is 0 Å². The van der Waals surface area contributed by atoms with Gasteiger partial charge in [-0.3, -0.25) is 9.88 Å². The first-order chi connectivity index (χ1) is 18.7. The molecule has 15 heteroatoms. The Labute approximate surface area is 225 Å². The fourth-order valence-electron chi connectivity index (χ4n) is 3.98. The normalized spacial score (nSPS) is 18.0. The van der Waals surface area contributed by atoms with Crippen molar-refractivity contribution in [2.45, 2.75) is 37.5 Å².